The summed E-state index contributed by atoms with van der Waals surface area (Å²) in [5.41, 5.74) is 3.28. The molecule has 0 atom stereocenters. The minimum atomic E-state index is 0.854. The highest BCUT2D eigenvalue weighted by Crippen LogP contribution is 2.20. The fourth-order valence-corrected chi connectivity index (χ4v) is 2.26. The molecule has 2 rings (SSSR count). The highest BCUT2D eigenvalue weighted by molar-refractivity contribution is 7.99. The van der Waals surface area contributed by atoms with Crippen LogP contribution in [-0.4, -0.2) is 29.3 Å². The molecule has 0 saturated carbocycles. The van der Waals surface area contributed by atoms with Crippen molar-refractivity contribution >= 4 is 22.8 Å². The highest BCUT2D eigenvalue weighted by Gasteiger charge is 2.02. The fraction of sp³-hybridized carbons (Fsp3) is 0.250. The van der Waals surface area contributed by atoms with Gasteiger partial charge in [-0.05, 0) is 19.2 Å². The summed E-state index contributed by atoms with van der Waals surface area (Å²) in [5.74, 6) is 0.890. The number of hydrogen-bond acceptors (Lipinski definition) is 3. The number of para-hydroxylation sites is 2. The van der Waals surface area contributed by atoms with Crippen molar-refractivity contribution in [1.29, 1.82) is 0 Å². The van der Waals surface area contributed by atoms with Gasteiger partial charge in [-0.1, -0.05) is 36.0 Å². The summed E-state index contributed by atoms with van der Waals surface area (Å²) >= 11 is 1.69. The van der Waals surface area contributed by atoms with Gasteiger partial charge in [-0.2, -0.15) is 0 Å². The first-order valence-corrected chi connectivity index (χ1v) is 6.17. The molecule has 0 aliphatic rings. The van der Waals surface area contributed by atoms with Gasteiger partial charge in [0.25, 0.3) is 0 Å². The second-order valence-electron chi connectivity index (χ2n) is 3.63. The monoisotopic (exact) mass is 233 g/mol. The van der Waals surface area contributed by atoms with Gasteiger partial charge in [0, 0.05) is 12.3 Å². The van der Waals surface area contributed by atoms with Gasteiger partial charge in [0.15, 0.2) is 5.16 Å². The molecule has 4 heteroatoms. The standard InChI is InChI=1S/C12H15N3S/c1-9(7-13-2)8-16-12-14-10-5-3-4-6-11(10)15-12/h3-6,13H,1,7-8H2,2H3,(H,14,15). The van der Waals surface area contributed by atoms with E-state index in [0.717, 1.165) is 28.5 Å². The van der Waals surface area contributed by atoms with Crippen molar-refractivity contribution in [3.05, 3.63) is 36.4 Å². The van der Waals surface area contributed by atoms with E-state index in [1.807, 2.05) is 31.3 Å². The molecule has 16 heavy (non-hydrogen) atoms. The van der Waals surface area contributed by atoms with E-state index in [1.54, 1.807) is 11.8 Å². The number of nitrogens with one attached hydrogen (secondary N) is 2. The smallest absolute Gasteiger partial charge is 0.166 e. The average Bonchev–Trinajstić information content (AvgIpc) is 2.69. The van der Waals surface area contributed by atoms with Gasteiger partial charge >= 0.3 is 0 Å². The Morgan fingerprint density at radius 3 is 3.06 bits per heavy atom. The lowest BCUT2D eigenvalue weighted by Crippen LogP contribution is -2.10. The minimum absolute atomic E-state index is 0.854. The molecule has 0 saturated heterocycles. The number of hydrogen-bond donors (Lipinski definition) is 2. The van der Waals surface area contributed by atoms with Crippen molar-refractivity contribution in [3.8, 4) is 0 Å². The zero-order valence-corrected chi connectivity index (χ0v) is 10.1. The minimum Gasteiger partial charge on any atom is -0.333 e. The number of aromatic nitrogens is 2. The Labute approximate surface area is 99.3 Å². The van der Waals surface area contributed by atoms with E-state index < -0.39 is 0 Å². The van der Waals surface area contributed by atoms with Gasteiger partial charge in [0.05, 0.1) is 11.0 Å². The van der Waals surface area contributed by atoms with Crippen LogP contribution in [0.25, 0.3) is 11.0 Å². The Morgan fingerprint density at radius 1 is 1.50 bits per heavy atom. The molecule has 0 fully saturated rings. The second-order valence-corrected chi connectivity index (χ2v) is 4.59. The van der Waals surface area contributed by atoms with Crippen molar-refractivity contribution in [2.75, 3.05) is 19.3 Å². The number of nitrogens with zero attached hydrogens (tertiary/aromatic N) is 1. The highest BCUT2D eigenvalue weighted by atomic mass is 32.2. The van der Waals surface area contributed by atoms with Crippen molar-refractivity contribution in [1.82, 2.24) is 15.3 Å². The molecule has 0 radical (unpaired) electrons. The Balaban J connectivity index is 2.02. The Morgan fingerprint density at radius 2 is 2.31 bits per heavy atom. The third-order valence-corrected chi connectivity index (χ3v) is 3.23. The van der Waals surface area contributed by atoms with Crippen LogP contribution in [0.5, 0.6) is 0 Å². The molecule has 0 spiro atoms. The molecule has 2 N–H and O–H groups in total. The van der Waals surface area contributed by atoms with Crippen LogP contribution in [0.1, 0.15) is 0 Å². The second kappa shape index (κ2) is 5.18. The van der Waals surface area contributed by atoms with Gasteiger partial charge in [-0.25, -0.2) is 4.98 Å². The number of likely N-dealkylation sites (N-methyl/N-ethyl adjacent to an activating group) is 1. The molecule has 0 amide bonds. The molecular weight excluding hydrogens is 218 g/mol. The predicted octanol–water partition coefficient (Wildman–Crippen LogP) is 2.43. The molecule has 0 unspecified atom stereocenters. The molecule has 0 aliphatic carbocycles. The van der Waals surface area contributed by atoms with E-state index in [-0.39, 0.29) is 0 Å². The third-order valence-electron chi connectivity index (χ3n) is 2.21. The zero-order valence-electron chi connectivity index (χ0n) is 9.29. The number of H-pyrrole nitrogens is 1. The van der Waals surface area contributed by atoms with E-state index in [2.05, 4.69) is 21.9 Å². The normalized spacial score (nSPS) is 10.8. The van der Waals surface area contributed by atoms with Crippen LogP contribution in [0.3, 0.4) is 0 Å². The first-order valence-electron chi connectivity index (χ1n) is 5.18. The lowest BCUT2D eigenvalue weighted by atomic mass is 10.3. The van der Waals surface area contributed by atoms with Crippen LogP contribution < -0.4 is 5.32 Å². The Hall–Kier alpha value is -1.26. The molecule has 2 aromatic rings. The first-order chi connectivity index (χ1) is 7.79. The lowest BCUT2D eigenvalue weighted by Gasteiger charge is -2.01. The third kappa shape index (κ3) is 2.65. The van der Waals surface area contributed by atoms with Gasteiger partial charge in [-0.15, -0.1) is 0 Å². The summed E-state index contributed by atoms with van der Waals surface area (Å²) in [7, 11) is 1.93. The van der Waals surface area contributed by atoms with Crippen molar-refractivity contribution in [3.63, 3.8) is 0 Å². The summed E-state index contributed by atoms with van der Waals surface area (Å²) in [4.78, 5) is 7.77. The maximum absolute atomic E-state index is 4.49. The summed E-state index contributed by atoms with van der Waals surface area (Å²) < 4.78 is 0. The zero-order chi connectivity index (χ0) is 11.4. The number of imidazole rings is 1. The molecule has 1 heterocycles. The van der Waals surface area contributed by atoms with E-state index in [1.165, 1.54) is 5.57 Å². The fourth-order valence-electron chi connectivity index (χ4n) is 1.47. The van der Waals surface area contributed by atoms with Gasteiger partial charge in [0.2, 0.25) is 0 Å². The van der Waals surface area contributed by atoms with Gasteiger partial charge in [0.1, 0.15) is 0 Å². The van der Waals surface area contributed by atoms with Crippen LogP contribution in [-0.2, 0) is 0 Å². The molecule has 0 aliphatic heterocycles. The Kier molecular flexibility index (Phi) is 3.64. The maximum atomic E-state index is 4.49. The maximum Gasteiger partial charge on any atom is 0.166 e. The van der Waals surface area contributed by atoms with E-state index in [9.17, 15) is 0 Å². The van der Waals surface area contributed by atoms with Crippen LogP contribution in [0.15, 0.2) is 41.6 Å². The predicted molar refractivity (Wildman–Crippen MR) is 69.9 cm³/mol. The molecule has 1 aromatic heterocycles. The summed E-state index contributed by atoms with van der Waals surface area (Å²) in [6.45, 7) is 4.84. The molecule has 84 valence electrons. The van der Waals surface area contributed by atoms with Gasteiger partial charge in [-0.3, -0.25) is 0 Å². The number of aromatic amines is 1. The molecule has 3 nitrogen and oxygen atoms in total. The van der Waals surface area contributed by atoms with Crippen LogP contribution in [0, 0.1) is 0 Å². The number of fused-ring (bicyclic) bond motifs is 1. The first kappa shape index (κ1) is 11.2. The summed E-state index contributed by atoms with van der Waals surface area (Å²) in [6, 6.07) is 8.06. The van der Waals surface area contributed by atoms with Crippen LogP contribution in [0.4, 0.5) is 0 Å². The quantitative estimate of drug-likeness (QED) is 0.615. The van der Waals surface area contributed by atoms with E-state index >= 15 is 0 Å². The van der Waals surface area contributed by atoms with E-state index in [0.29, 0.717) is 0 Å². The largest absolute Gasteiger partial charge is 0.333 e. The van der Waals surface area contributed by atoms with Crippen LogP contribution in [0.2, 0.25) is 0 Å². The van der Waals surface area contributed by atoms with Crippen LogP contribution >= 0.6 is 11.8 Å². The van der Waals surface area contributed by atoms with Crippen molar-refractivity contribution < 1.29 is 0 Å². The lowest BCUT2D eigenvalue weighted by molar-refractivity contribution is 0.885. The van der Waals surface area contributed by atoms with E-state index in [4.69, 9.17) is 0 Å². The number of thioether (sulfide) groups is 1. The average molecular weight is 233 g/mol. The number of rotatable bonds is 5. The summed E-state index contributed by atoms with van der Waals surface area (Å²) in [6.07, 6.45) is 0. The van der Waals surface area contributed by atoms with Crippen molar-refractivity contribution in [2.24, 2.45) is 0 Å². The molecule has 1 aromatic carbocycles. The Bertz CT molecular complexity index is 457. The topological polar surface area (TPSA) is 40.7 Å². The SMILES string of the molecule is C=C(CNC)CSc1nc2ccccc2[nH]1. The summed E-state index contributed by atoms with van der Waals surface area (Å²) in [5, 5.41) is 4.04. The van der Waals surface area contributed by atoms with Crippen molar-refractivity contribution in [2.45, 2.75) is 5.16 Å². The number of benzene rings is 1. The molecular formula is C12H15N3S. The van der Waals surface area contributed by atoms with Gasteiger partial charge < -0.3 is 10.3 Å². The molecule has 0 bridgehead atoms.